The standard InChI is InChI=1S/C29H30N2O3/c1-29(2,3)25-11-15-27(16-12-25)34-18-17-33-26-13-9-22(10-14-26)19-24(20-30)28(32)31-21-23-7-5-4-6-8-23/h4-16,19H,17-18,21H2,1-3H3,(H,31,32). The molecule has 174 valence electrons. The first-order chi connectivity index (χ1) is 16.3. The summed E-state index contributed by atoms with van der Waals surface area (Å²) < 4.78 is 11.5. The van der Waals surface area contributed by atoms with E-state index in [1.165, 1.54) is 5.56 Å². The van der Waals surface area contributed by atoms with Crippen LogP contribution in [0.1, 0.15) is 37.5 Å². The van der Waals surface area contributed by atoms with Gasteiger partial charge in [-0.05, 0) is 52.4 Å². The lowest BCUT2D eigenvalue weighted by molar-refractivity contribution is -0.117. The first-order valence-electron chi connectivity index (χ1n) is 11.3. The predicted molar refractivity (Wildman–Crippen MR) is 134 cm³/mol. The van der Waals surface area contributed by atoms with Crippen LogP contribution in [0.25, 0.3) is 6.08 Å². The molecule has 0 aliphatic carbocycles. The van der Waals surface area contributed by atoms with E-state index >= 15 is 0 Å². The first-order valence-corrected chi connectivity index (χ1v) is 11.3. The van der Waals surface area contributed by atoms with Gasteiger partial charge < -0.3 is 14.8 Å². The van der Waals surface area contributed by atoms with Crippen LogP contribution in [0.2, 0.25) is 0 Å². The largest absolute Gasteiger partial charge is 0.490 e. The number of rotatable bonds is 9. The van der Waals surface area contributed by atoms with E-state index < -0.39 is 5.91 Å². The van der Waals surface area contributed by atoms with Gasteiger partial charge in [0.15, 0.2) is 0 Å². The fourth-order valence-electron chi connectivity index (χ4n) is 3.22. The van der Waals surface area contributed by atoms with Crippen molar-refractivity contribution in [2.24, 2.45) is 0 Å². The van der Waals surface area contributed by atoms with Crippen LogP contribution in [-0.2, 0) is 16.8 Å². The number of carbonyl (C=O) groups excluding carboxylic acids is 1. The van der Waals surface area contributed by atoms with Crippen LogP contribution in [0.5, 0.6) is 11.5 Å². The van der Waals surface area contributed by atoms with E-state index in [1.807, 2.05) is 60.7 Å². The summed E-state index contributed by atoms with van der Waals surface area (Å²) in [6.45, 7) is 7.74. The average molecular weight is 455 g/mol. The van der Waals surface area contributed by atoms with Crippen molar-refractivity contribution in [3.63, 3.8) is 0 Å². The number of nitrogens with one attached hydrogen (secondary N) is 1. The maximum atomic E-state index is 12.3. The van der Waals surface area contributed by atoms with Gasteiger partial charge in [0.1, 0.15) is 36.4 Å². The summed E-state index contributed by atoms with van der Waals surface area (Å²) in [4.78, 5) is 12.3. The number of benzene rings is 3. The normalized spacial score (nSPS) is 11.4. The molecule has 1 N–H and O–H groups in total. The summed E-state index contributed by atoms with van der Waals surface area (Å²) in [5.74, 6) is 1.10. The molecule has 0 aliphatic rings. The van der Waals surface area contributed by atoms with Crippen molar-refractivity contribution in [2.75, 3.05) is 13.2 Å². The monoisotopic (exact) mass is 454 g/mol. The number of ether oxygens (including phenoxy) is 2. The quantitative estimate of drug-likeness (QED) is 0.257. The molecule has 0 atom stereocenters. The van der Waals surface area contributed by atoms with Gasteiger partial charge in [0.2, 0.25) is 0 Å². The molecule has 5 heteroatoms. The molecular formula is C29H30N2O3. The van der Waals surface area contributed by atoms with Crippen molar-refractivity contribution in [1.82, 2.24) is 5.32 Å². The fraction of sp³-hybridized carbons (Fsp3) is 0.241. The first kappa shape index (κ1) is 24.6. The molecule has 0 bridgehead atoms. The molecule has 0 radical (unpaired) electrons. The molecule has 5 nitrogen and oxygen atoms in total. The Morgan fingerprint density at radius 3 is 1.97 bits per heavy atom. The SMILES string of the molecule is CC(C)(C)c1ccc(OCCOc2ccc(C=C(C#N)C(=O)NCc3ccccc3)cc2)cc1. The van der Waals surface area contributed by atoms with Gasteiger partial charge in [-0.25, -0.2) is 0 Å². The van der Waals surface area contributed by atoms with Gasteiger partial charge in [0, 0.05) is 6.54 Å². The predicted octanol–water partition coefficient (Wildman–Crippen LogP) is 5.67. The molecule has 1 amide bonds. The summed E-state index contributed by atoms with van der Waals surface area (Å²) in [5, 5.41) is 12.2. The zero-order chi connectivity index (χ0) is 24.4. The van der Waals surface area contributed by atoms with Gasteiger partial charge >= 0.3 is 0 Å². The van der Waals surface area contributed by atoms with E-state index in [0.717, 1.165) is 16.9 Å². The maximum absolute atomic E-state index is 12.3. The molecule has 0 aromatic heterocycles. The summed E-state index contributed by atoms with van der Waals surface area (Å²) in [6, 6.07) is 26.9. The van der Waals surface area contributed by atoms with Crippen molar-refractivity contribution in [3.8, 4) is 17.6 Å². The maximum Gasteiger partial charge on any atom is 0.262 e. The van der Waals surface area contributed by atoms with Crippen LogP contribution in [0.15, 0.2) is 84.4 Å². The summed E-state index contributed by atoms with van der Waals surface area (Å²) in [5.41, 5.74) is 3.15. The molecule has 0 unspecified atom stereocenters. The summed E-state index contributed by atoms with van der Waals surface area (Å²) in [6.07, 6.45) is 1.56. The zero-order valence-electron chi connectivity index (χ0n) is 19.9. The number of hydrogen-bond acceptors (Lipinski definition) is 4. The van der Waals surface area contributed by atoms with Crippen molar-refractivity contribution < 1.29 is 14.3 Å². The van der Waals surface area contributed by atoms with Gasteiger partial charge in [0.25, 0.3) is 5.91 Å². The van der Waals surface area contributed by atoms with Gasteiger partial charge in [-0.3, -0.25) is 4.79 Å². The van der Waals surface area contributed by atoms with Crippen molar-refractivity contribution in [3.05, 3.63) is 101 Å². The molecule has 3 aromatic rings. The van der Waals surface area contributed by atoms with Crippen molar-refractivity contribution >= 4 is 12.0 Å². The zero-order valence-corrected chi connectivity index (χ0v) is 19.9. The Bertz CT molecular complexity index is 1140. The molecule has 34 heavy (non-hydrogen) atoms. The molecule has 0 fully saturated rings. The third-order valence-corrected chi connectivity index (χ3v) is 5.19. The topological polar surface area (TPSA) is 71.3 Å². The van der Waals surface area contributed by atoms with Gasteiger partial charge in [-0.2, -0.15) is 5.26 Å². The molecule has 3 aromatic carbocycles. The number of amides is 1. The van der Waals surface area contributed by atoms with E-state index in [0.29, 0.717) is 25.5 Å². The van der Waals surface area contributed by atoms with Crippen LogP contribution in [0, 0.1) is 11.3 Å². The molecule has 0 heterocycles. The lowest BCUT2D eigenvalue weighted by Gasteiger charge is -2.19. The third kappa shape index (κ3) is 7.53. The molecule has 0 saturated heterocycles. The van der Waals surface area contributed by atoms with Gasteiger partial charge in [0.05, 0.1) is 0 Å². The minimum atomic E-state index is -0.403. The highest BCUT2D eigenvalue weighted by Crippen LogP contribution is 2.24. The van der Waals surface area contributed by atoms with Crippen LogP contribution >= 0.6 is 0 Å². The second-order valence-corrected chi connectivity index (χ2v) is 8.88. The number of hydrogen-bond donors (Lipinski definition) is 1. The Morgan fingerprint density at radius 1 is 0.882 bits per heavy atom. The highest BCUT2D eigenvalue weighted by molar-refractivity contribution is 6.01. The Balaban J connectivity index is 1.46. The van der Waals surface area contributed by atoms with Crippen molar-refractivity contribution in [2.45, 2.75) is 32.7 Å². The Hall–Kier alpha value is -4.04. The van der Waals surface area contributed by atoms with E-state index in [-0.39, 0.29) is 11.0 Å². The van der Waals surface area contributed by atoms with Crippen LogP contribution in [0.3, 0.4) is 0 Å². The second kappa shape index (κ2) is 11.7. The minimum Gasteiger partial charge on any atom is -0.490 e. The molecule has 0 spiro atoms. The molecule has 0 aliphatic heterocycles. The van der Waals surface area contributed by atoms with Crippen LogP contribution in [-0.4, -0.2) is 19.1 Å². The van der Waals surface area contributed by atoms with Gasteiger partial charge in [-0.15, -0.1) is 0 Å². The minimum absolute atomic E-state index is 0.0514. The number of nitrogens with zero attached hydrogens (tertiary/aromatic N) is 1. The average Bonchev–Trinajstić information content (AvgIpc) is 2.85. The smallest absolute Gasteiger partial charge is 0.262 e. The van der Waals surface area contributed by atoms with E-state index in [4.69, 9.17) is 9.47 Å². The molecule has 0 saturated carbocycles. The highest BCUT2D eigenvalue weighted by Gasteiger charge is 2.13. The van der Waals surface area contributed by atoms with Crippen molar-refractivity contribution in [1.29, 1.82) is 5.26 Å². The van der Waals surface area contributed by atoms with Crippen LogP contribution in [0.4, 0.5) is 0 Å². The van der Waals surface area contributed by atoms with E-state index in [9.17, 15) is 10.1 Å². The highest BCUT2D eigenvalue weighted by atomic mass is 16.5. The third-order valence-electron chi connectivity index (χ3n) is 5.19. The second-order valence-electron chi connectivity index (χ2n) is 8.88. The molecule has 3 rings (SSSR count). The molecular weight excluding hydrogens is 424 g/mol. The number of carbonyl (C=O) groups is 1. The number of nitriles is 1. The Kier molecular flexibility index (Phi) is 8.48. The Labute approximate surface area is 201 Å². The summed E-state index contributed by atoms with van der Waals surface area (Å²) >= 11 is 0. The lowest BCUT2D eigenvalue weighted by atomic mass is 9.87. The van der Waals surface area contributed by atoms with Crippen LogP contribution < -0.4 is 14.8 Å². The van der Waals surface area contributed by atoms with Gasteiger partial charge in [-0.1, -0.05) is 75.4 Å². The fourth-order valence-corrected chi connectivity index (χ4v) is 3.22. The van der Waals surface area contributed by atoms with E-state index in [1.54, 1.807) is 18.2 Å². The summed E-state index contributed by atoms with van der Waals surface area (Å²) in [7, 11) is 0. The lowest BCUT2D eigenvalue weighted by Crippen LogP contribution is -2.23. The Morgan fingerprint density at radius 2 is 1.44 bits per heavy atom. The van der Waals surface area contributed by atoms with E-state index in [2.05, 4.69) is 38.2 Å².